The molecule has 9 heteroatoms. The molecule has 0 spiro atoms. The van der Waals surface area contributed by atoms with E-state index in [-0.39, 0.29) is 17.3 Å². The van der Waals surface area contributed by atoms with E-state index in [1.54, 1.807) is 38.2 Å². The van der Waals surface area contributed by atoms with Crippen LogP contribution in [0.15, 0.2) is 41.3 Å². The molecule has 0 fully saturated rings. The smallest absolute Gasteiger partial charge is 0.240 e. The van der Waals surface area contributed by atoms with Crippen molar-refractivity contribution < 1.29 is 13.2 Å². The predicted molar refractivity (Wildman–Crippen MR) is 109 cm³/mol. The van der Waals surface area contributed by atoms with Gasteiger partial charge in [0.05, 0.1) is 21.5 Å². The highest BCUT2D eigenvalue weighted by molar-refractivity contribution is 7.89. The molecule has 0 aliphatic heterocycles. The number of aryl methyl sites for hydroxylation is 1. The van der Waals surface area contributed by atoms with Crippen molar-refractivity contribution in [2.75, 3.05) is 26.0 Å². The number of rotatable bonds is 7. The van der Waals surface area contributed by atoms with E-state index in [4.69, 9.17) is 23.2 Å². The van der Waals surface area contributed by atoms with Crippen LogP contribution in [0, 0.1) is 6.92 Å². The lowest BCUT2D eigenvalue weighted by Crippen LogP contribution is -2.30. The summed E-state index contributed by atoms with van der Waals surface area (Å²) < 4.78 is 26.4. The molecule has 2 aromatic carbocycles. The first-order chi connectivity index (χ1) is 12.6. The van der Waals surface area contributed by atoms with Gasteiger partial charge in [-0.15, -0.1) is 0 Å². The van der Waals surface area contributed by atoms with Gasteiger partial charge in [0.25, 0.3) is 0 Å². The van der Waals surface area contributed by atoms with Crippen LogP contribution >= 0.6 is 23.2 Å². The van der Waals surface area contributed by atoms with Crippen molar-refractivity contribution in [3.05, 3.63) is 57.6 Å². The average Bonchev–Trinajstić information content (AvgIpc) is 2.59. The van der Waals surface area contributed by atoms with Gasteiger partial charge in [-0.3, -0.25) is 9.69 Å². The molecule has 2 rings (SSSR count). The molecule has 0 aromatic heterocycles. The van der Waals surface area contributed by atoms with E-state index in [2.05, 4.69) is 10.0 Å². The number of carbonyl (C=O) groups excluding carboxylic acids is 1. The van der Waals surface area contributed by atoms with Gasteiger partial charge in [-0.25, -0.2) is 13.1 Å². The summed E-state index contributed by atoms with van der Waals surface area (Å²) in [5.74, 6) is -0.255. The minimum atomic E-state index is -3.59. The molecule has 0 unspecified atom stereocenters. The second kappa shape index (κ2) is 9.03. The Morgan fingerprint density at radius 1 is 1.11 bits per heavy atom. The molecule has 1 amide bonds. The Balaban J connectivity index is 2.02. The van der Waals surface area contributed by atoms with Crippen molar-refractivity contribution in [3.63, 3.8) is 0 Å². The van der Waals surface area contributed by atoms with Gasteiger partial charge >= 0.3 is 0 Å². The molecule has 0 aliphatic carbocycles. The quantitative estimate of drug-likeness (QED) is 0.707. The molecule has 0 radical (unpaired) electrons. The number of benzene rings is 2. The number of sulfonamides is 1. The summed E-state index contributed by atoms with van der Waals surface area (Å²) in [5.41, 5.74) is 1.94. The first-order valence-electron chi connectivity index (χ1n) is 8.09. The van der Waals surface area contributed by atoms with E-state index in [1.807, 2.05) is 11.0 Å². The number of amides is 1. The molecule has 2 aromatic rings. The lowest BCUT2D eigenvalue weighted by molar-refractivity contribution is -0.117. The monoisotopic (exact) mass is 429 g/mol. The Labute approximate surface area is 169 Å². The van der Waals surface area contributed by atoms with E-state index >= 15 is 0 Å². The molecule has 0 aliphatic rings. The summed E-state index contributed by atoms with van der Waals surface area (Å²) in [4.78, 5) is 14.2. The van der Waals surface area contributed by atoms with Crippen molar-refractivity contribution in [3.8, 4) is 0 Å². The van der Waals surface area contributed by atoms with Crippen LogP contribution in [0.5, 0.6) is 0 Å². The fourth-order valence-electron chi connectivity index (χ4n) is 2.53. The Hall–Kier alpha value is -1.64. The summed E-state index contributed by atoms with van der Waals surface area (Å²) in [6.45, 7) is 2.33. The van der Waals surface area contributed by atoms with E-state index in [9.17, 15) is 13.2 Å². The molecule has 27 heavy (non-hydrogen) atoms. The number of halogens is 2. The van der Waals surface area contributed by atoms with Crippen LogP contribution in [0.2, 0.25) is 10.0 Å². The van der Waals surface area contributed by atoms with Crippen molar-refractivity contribution >= 4 is 44.8 Å². The molecule has 146 valence electrons. The van der Waals surface area contributed by atoms with Crippen molar-refractivity contribution in [2.24, 2.45) is 0 Å². The minimum absolute atomic E-state index is 0.127. The van der Waals surface area contributed by atoms with Gasteiger partial charge in [0.15, 0.2) is 0 Å². The standard InChI is InChI=1S/C18H21Cl2N3O3S/c1-12-4-6-14(9-17(12)27(25,26)21-2)22-18(24)11-23(3)10-13-5-7-15(19)16(20)8-13/h4-9,21H,10-11H2,1-3H3,(H,22,24). The molecule has 0 bridgehead atoms. The molecule has 0 atom stereocenters. The van der Waals surface area contributed by atoms with Gasteiger partial charge < -0.3 is 5.32 Å². The van der Waals surface area contributed by atoms with E-state index in [0.717, 1.165) is 5.56 Å². The largest absolute Gasteiger partial charge is 0.325 e. The van der Waals surface area contributed by atoms with Crippen molar-refractivity contribution in [1.82, 2.24) is 9.62 Å². The second-order valence-electron chi connectivity index (χ2n) is 6.16. The SMILES string of the molecule is CNS(=O)(=O)c1cc(NC(=O)CN(C)Cc2ccc(Cl)c(Cl)c2)ccc1C. The fourth-order valence-corrected chi connectivity index (χ4v) is 3.84. The highest BCUT2D eigenvalue weighted by atomic mass is 35.5. The summed E-state index contributed by atoms with van der Waals surface area (Å²) in [6, 6.07) is 10.1. The fraction of sp³-hybridized carbons (Fsp3) is 0.278. The molecule has 0 heterocycles. The number of nitrogens with zero attached hydrogens (tertiary/aromatic N) is 1. The third-order valence-corrected chi connectivity index (χ3v) is 6.18. The van der Waals surface area contributed by atoms with Crippen molar-refractivity contribution in [1.29, 1.82) is 0 Å². The molecule has 6 nitrogen and oxygen atoms in total. The first kappa shape index (κ1) is 21.7. The van der Waals surface area contributed by atoms with E-state index in [0.29, 0.717) is 27.8 Å². The highest BCUT2D eigenvalue weighted by Gasteiger charge is 2.16. The van der Waals surface area contributed by atoms with Gasteiger partial charge in [0, 0.05) is 12.2 Å². The molecule has 0 saturated carbocycles. The molecular weight excluding hydrogens is 409 g/mol. The molecule has 0 saturated heterocycles. The van der Waals surface area contributed by atoms with Crippen LogP contribution in [0.3, 0.4) is 0 Å². The van der Waals surface area contributed by atoms with Gasteiger partial charge in [0.2, 0.25) is 15.9 Å². The maximum Gasteiger partial charge on any atom is 0.240 e. The lowest BCUT2D eigenvalue weighted by Gasteiger charge is -2.17. The lowest BCUT2D eigenvalue weighted by atomic mass is 10.2. The molecular formula is C18H21Cl2N3O3S. The first-order valence-corrected chi connectivity index (χ1v) is 10.3. The maximum absolute atomic E-state index is 12.3. The number of hydrogen-bond donors (Lipinski definition) is 2. The zero-order chi connectivity index (χ0) is 20.2. The van der Waals surface area contributed by atoms with Gasteiger partial charge in [0.1, 0.15) is 0 Å². The van der Waals surface area contributed by atoms with Crippen LogP contribution in [-0.4, -0.2) is 39.9 Å². The van der Waals surface area contributed by atoms with Crippen LogP contribution in [0.25, 0.3) is 0 Å². The Bertz CT molecular complexity index is 949. The number of nitrogens with one attached hydrogen (secondary N) is 2. The number of likely N-dealkylation sites (N-methyl/N-ethyl adjacent to an activating group) is 1. The maximum atomic E-state index is 12.3. The van der Waals surface area contributed by atoms with E-state index in [1.165, 1.54) is 13.1 Å². The number of carbonyl (C=O) groups is 1. The zero-order valence-electron chi connectivity index (χ0n) is 15.2. The molecule has 2 N–H and O–H groups in total. The number of anilines is 1. The van der Waals surface area contributed by atoms with E-state index < -0.39 is 10.0 Å². The predicted octanol–water partition coefficient (Wildman–Crippen LogP) is 3.28. The zero-order valence-corrected chi connectivity index (χ0v) is 17.5. The Morgan fingerprint density at radius 2 is 1.81 bits per heavy atom. The minimum Gasteiger partial charge on any atom is -0.325 e. The summed E-state index contributed by atoms with van der Waals surface area (Å²) in [7, 11) is -0.449. The van der Waals surface area contributed by atoms with Crippen LogP contribution in [0.4, 0.5) is 5.69 Å². The van der Waals surface area contributed by atoms with Crippen molar-refractivity contribution in [2.45, 2.75) is 18.4 Å². The summed E-state index contributed by atoms with van der Waals surface area (Å²) in [6.07, 6.45) is 0. The summed E-state index contributed by atoms with van der Waals surface area (Å²) in [5, 5.41) is 3.66. The average molecular weight is 430 g/mol. The second-order valence-corrected chi connectivity index (χ2v) is 8.83. The van der Waals surface area contributed by atoms with Crippen LogP contribution < -0.4 is 10.0 Å². The third kappa shape index (κ3) is 5.92. The topological polar surface area (TPSA) is 78.5 Å². The van der Waals surface area contributed by atoms with Gasteiger partial charge in [-0.1, -0.05) is 35.3 Å². The van der Waals surface area contributed by atoms with Crippen LogP contribution in [0.1, 0.15) is 11.1 Å². The highest BCUT2D eigenvalue weighted by Crippen LogP contribution is 2.23. The Kier molecular flexibility index (Phi) is 7.25. The van der Waals surface area contributed by atoms with Gasteiger partial charge in [-0.05, 0) is 56.4 Å². The normalized spacial score (nSPS) is 11.6. The number of hydrogen-bond acceptors (Lipinski definition) is 4. The summed E-state index contributed by atoms with van der Waals surface area (Å²) >= 11 is 11.9. The van der Waals surface area contributed by atoms with Crippen LogP contribution in [-0.2, 0) is 21.4 Å². The third-order valence-electron chi connectivity index (χ3n) is 3.88. The van der Waals surface area contributed by atoms with Gasteiger partial charge in [-0.2, -0.15) is 0 Å². The Morgan fingerprint density at radius 3 is 2.44 bits per heavy atom.